The Morgan fingerprint density at radius 2 is 2.00 bits per heavy atom. The highest BCUT2D eigenvalue weighted by molar-refractivity contribution is 5.52. The number of methoxy groups -OCH3 is 1. The normalized spacial score (nSPS) is 13.3. The highest BCUT2D eigenvalue weighted by Crippen LogP contribution is 2.35. The van der Waals surface area contributed by atoms with Gasteiger partial charge in [0.2, 0.25) is 0 Å². The predicted molar refractivity (Wildman–Crippen MR) is 78.6 cm³/mol. The average Bonchev–Trinajstić information content (AvgIpc) is 2.40. The molecule has 0 aliphatic heterocycles. The second-order valence-corrected chi connectivity index (χ2v) is 4.97. The molecule has 0 bridgehead atoms. The van der Waals surface area contributed by atoms with Crippen LogP contribution in [-0.2, 0) is 17.3 Å². The number of hydrogen-bond acceptors (Lipinski definition) is 3. The molecule has 0 radical (unpaired) electrons. The Bertz CT molecular complexity index is 449. The molecule has 0 fully saturated rings. The highest BCUT2D eigenvalue weighted by atomic mass is 19.4. The molecule has 0 amide bonds. The van der Waals surface area contributed by atoms with Gasteiger partial charge in [-0.05, 0) is 44.5 Å². The van der Waals surface area contributed by atoms with Crippen molar-refractivity contribution in [2.75, 3.05) is 31.7 Å². The maximum Gasteiger partial charge on any atom is 0.416 e. The van der Waals surface area contributed by atoms with E-state index in [-0.39, 0.29) is 24.6 Å². The third-order valence-corrected chi connectivity index (χ3v) is 3.42. The quantitative estimate of drug-likeness (QED) is 0.841. The van der Waals surface area contributed by atoms with Crippen molar-refractivity contribution in [2.45, 2.75) is 32.5 Å². The standard InChI is InChI=1S/C15H23F3N2O/c1-4-20(11(2)10-21-3)13-6-5-12(7-8-19)14(9-13)15(16,17)18/h5-6,9,11H,4,7-8,10,19H2,1-3H3. The summed E-state index contributed by atoms with van der Waals surface area (Å²) in [5.41, 5.74) is 5.58. The number of nitrogens with zero attached hydrogens (tertiary/aromatic N) is 1. The van der Waals surface area contributed by atoms with Crippen LogP contribution >= 0.6 is 0 Å². The average molecular weight is 304 g/mol. The summed E-state index contributed by atoms with van der Waals surface area (Å²) in [6.45, 7) is 5.10. The van der Waals surface area contributed by atoms with Gasteiger partial charge in [0.1, 0.15) is 0 Å². The lowest BCUT2D eigenvalue weighted by Gasteiger charge is -2.30. The molecule has 21 heavy (non-hydrogen) atoms. The Kier molecular flexibility index (Phi) is 6.48. The Morgan fingerprint density at radius 3 is 2.48 bits per heavy atom. The van der Waals surface area contributed by atoms with Gasteiger partial charge < -0.3 is 15.4 Å². The number of anilines is 1. The van der Waals surface area contributed by atoms with Gasteiger partial charge in [0, 0.05) is 25.4 Å². The van der Waals surface area contributed by atoms with Crippen molar-refractivity contribution in [3.63, 3.8) is 0 Å². The van der Waals surface area contributed by atoms with Crippen molar-refractivity contribution in [3.8, 4) is 0 Å². The van der Waals surface area contributed by atoms with Gasteiger partial charge in [-0.3, -0.25) is 0 Å². The van der Waals surface area contributed by atoms with Crippen molar-refractivity contribution in [3.05, 3.63) is 29.3 Å². The van der Waals surface area contributed by atoms with Crippen molar-refractivity contribution in [1.29, 1.82) is 0 Å². The summed E-state index contributed by atoms with van der Waals surface area (Å²) >= 11 is 0. The van der Waals surface area contributed by atoms with E-state index >= 15 is 0 Å². The molecule has 1 atom stereocenters. The number of ether oxygens (including phenoxy) is 1. The first-order valence-corrected chi connectivity index (χ1v) is 7.00. The van der Waals surface area contributed by atoms with Gasteiger partial charge in [0.25, 0.3) is 0 Å². The van der Waals surface area contributed by atoms with E-state index in [0.717, 1.165) is 0 Å². The minimum Gasteiger partial charge on any atom is -0.383 e. The monoisotopic (exact) mass is 304 g/mol. The van der Waals surface area contributed by atoms with Crippen molar-refractivity contribution in [2.24, 2.45) is 5.73 Å². The van der Waals surface area contributed by atoms with Crippen LogP contribution < -0.4 is 10.6 Å². The first kappa shape index (κ1) is 17.8. The molecule has 120 valence electrons. The molecule has 0 saturated heterocycles. The molecule has 1 aromatic rings. The molecule has 3 nitrogen and oxygen atoms in total. The molecule has 1 aromatic carbocycles. The van der Waals surface area contributed by atoms with Gasteiger partial charge in [0.15, 0.2) is 0 Å². The van der Waals surface area contributed by atoms with E-state index in [2.05, 4.69) is 0 Å². The summed E-state index contributed by atoms with van der Waals surface area (Å²) in [7, 11) is 1.58. The summed E-state index contributed by atoms with van der Waals surface area (Å²) in [4.78, 5) is 1.89. The van der Waals surface area contributed by atoms with Gasteiger partial charge in [-0.1, -0.05) is 6.07 Å². The summed E-state index contributed by atoms with van der Waals surface area (Å²) in [6, 6.07) is 4.45. The zero-order chi connectivity index (χ0) is 16.0. The zero-order valence-electron chi connectivity index (χ0n) is 12.7. The Morgan fingerprint density at radius 1 is 1.33 bits per heavy atom. The van der Waals surface area contributed by atoms with Crippen LogP contribution in [0.25, 0.3) is 0 Å². The number of rotatable bonds is 7. The van der Waals surface area contributed by atoms with E-state index in [0.29, 0.717) is 18.8 Å². The second-order valence-electron chi connectivity index (χ2n) is 4.97. The smallest absolute Gasteiger partial charge is 0.383 e. The molecule has 0 saturated carbocycles. The van der Waals surface area contributed by atoms with Crippen LogP contribution in [0.1, 0.15) is 25.0 Å². The molecule has 0 spiro atoms. The minimum absolute atomic E-state index is 0.00134. The maximum atomic E-state index is 13.2. The van der Waals surface area contributed by atoms with Crippen LogP contribution in [0.5, 0.6) is 0 Å². The molecule has 6 heteroatoms. The lowest BCUT2D eigenvalue weighted by molar-refractivity contribution is -0.138. The second kappa shape index (κ2) is 7.66. The van der Waals surface area contributed by atoms with E-state index in [4.69, 9.17) is 10.5 Å². The summed E-state index contributed by atoms with van der Waals surface area (Å²) in [5, 5.41) is 0. The summed E-state index contributed by atoms with van der Waals surface area (Å²) in [6.07, 6.45) is -4.15. The van der Waals surface area contributed by atoms with Crippen LogP contribution in [-0.4, -0.2) is 32.8 Å². The SMILES string of the molecule is CCN(c1ccc(CCN)c(C(F)(F)F)c1)C(C)COC. The number of nitrogens with two attached hydrogens (primary N) is 1. The lowest BCUT2D eigenvalue weighted by Crippen LogP contribution is -2.36. The molecular weight excluding hydrogens is 281 g/mol. The largest absolute Gasteiger partial charge is 0.416 e. The predicted octanol–water partition coefficient (Wildman–Crippen LogP) is 3.07. The topological polar surface area (TPSA) is 38.5 Å². The zero-order valence-corrected chi connectivity index (χ0v) is 12.7. The van der Waals surface area contributed by atoms with Crippen molar-refractivity contribution in [1.82, 2.24) is 0 Å². The van der Waals surface area contributed by atoms with Crippen molar-refractivity contribution >= 4 is 5.69 Å². The van der Waals surface area contributed by atoms with Gasteiger partial charge in [-0.25, -0.2) is 0 Å². The first-order valence-electron chi connectivity index (χ1n) is 7.00. The Balaban J connectivity index is 3.19. The number of likely N-dealkylation sites (N-methyl/N-ethyl adjacent to an activating group) is 1. The van der Waals surface area contributed by atoms with Gasteiger partial charge in [-0.15, -0.1) is 0 Å². The molecule has 2 N–H and O–H groups in total. The molecule has 0 aliphatic rings. The van der Waals surface area contributed by atoms with Crippen molar-refractivity contribution < 1.29 is 17.9 Å². The first-order chi connectivity index (χ1) is 9.85. The fourth-order valence-electron chi connectivity index (χ4n) is 2.46. The Hall–Kier alpha value is -1.27. The molecule has 1 rings (SSSR count). The van der Waals surface area contributed by atoms with E-state index in [1.807, 2.05) is 18.7 Å². The third kappa shape index (κ3) is 4.61. The minimum atomic E-state index is -4.37. The maximum absolute atomic E-state index is 13.2. The van der Waals surface area contributed by atoms with E-state index in [1.165, 1.54) is 12.1 Å². The van der Waals surface area contributed by atoms with Crippen LogP contribution in [0, 0.1) is 0 Å². The van der Waals surface area contributed by atoms with Crippen LogP contribution in [0.15, 0.2) is 18.2 Å². The molecule has 0 aromatic heterocycles. The summed E-state index contributed by atoms with van der Waals surface area (Å²) < 4.78 is 44.6. The van der Waals surface area contributed by atoms with E-state index < -0.39 is 11.7 Å². The molecule has 0 heterocycles. The molecule has 1 unspecified atom stereocenters. The van der Waals surface area contributed by atoms with Gasteiger partial charge >= 0.3 is 6.18 Å². The van der Waals surface area contributed by atoms with Gasteiger partial charge in [-0.2, -0.15) is 13.2 Å². The Labute approximate surface area is 123 Å². The van der Waals surface area contributed by atoms with Crippen LogP contribution in [0.4, 0.5) is 18.9 Å². The third-order valence-electron chi connectivity index (χ3n) is 3.42. The van der Waals surface area contributed by atoms with Crippen LogP contribution in [0.3, 0.4) is 0 Å². The highest BCUT2D eigenvalue weighted by Gasteiger charge is 2.33. The van der Waals surface area contributed by atoms with Crippen LogP contribution in [0.2, 0.25) is 0 Å². The number of benzene rings is 1. The number of hydrogen-bond donors (Lipinski definition) is 1. The summed E-state index contributed by atoms with van der Waals surface area (Å²) in [5.74, 6) is 0. The molecular formula is C15H23F3N2O. The lowest BCUT2D eigenvalue weighted by atomic mass is 10.0. The fraction of sp³-hybridized carbons (Fsp3) is 0.600. The molecule has 0 aliphatic carbocycles. The number of alkyl halides is 3. The number of halogens is 3. The van der Waals surface area contributed by atoms with E-state index in [9.17, 15) is 13.2 Å². The fourth-order valence-corrected chi connectivity index (χ4v) is 2.46. The van der Waals surface area contributed by atoms with E-state index in [1.54, 1.807) is 13.2 Å². The van der Waals surface area contributed by atoms with Gasteiger partial charge in [0.05, 0.1) is 12.2 Å².